The normalized spacial score (nSPS) is 21.7. The van der Waals surface area contributed by atoms with Crippen molar-refractivity contribution >= 4 is 22.4 Å². The first-order valence-electron chi connectivity index (χ1n) is 7.48. The number of aromatic nitrogens is 1. The number of nitrogens with one attached hydrogen (secondary N) is 1. The number of aryl methyl sites for hydroxylation is 1. The first-order chi connectivity index (χ1) is 10.5. The van der Waals surface area contributed by atoms with Gasteiger partial charge in [0.2, 0.25) is 5.91 Å². The SMILES string of the molecule is Cn1ccc2ccc(NC(=O)C3(C)CCCOC3)cc2c1=O. The summed E-state index contributed by atoms with van der Waals surface area (Å²) in [6, 6.07) is 7.31. The zero-order valence-electron chi connectivity index (χ0n) is 12.9. The zero-order chi connectivity index (χ0) is 15.7. The van der Waals surface area contributed by atoms with Gasteiger partial charge in [-0.05, 0) is 43.4 Å². The van der Waals surface area contributed by atoms with E-state index in [1.807, 2.05) is 25.1 Å². The molecule has 5 nitrogen and oxygen atoms in total. The summed E-state index contributed by atoms with van der Waals surface area (Å²) in [4.78, 5) is 24.7. The Bertz CT molecular complexity index is 773. The van der Waals surface area contributed by atoms with Crippen LogP contribution in [0.5, 0.6) is 0 Å². The number of hydrogen-bond acceptors (Lipinski definition) is 3. The Kier molecular flexibility index (Phi) is 3.74. The lowest BCUT2D eigenvalue weighted by molar-refractivity contribution is -0.131. The van der Waals surface area contributed by atoms with Crippen molar-refractivity contribution in [3.05, 3.63) is 40.8 Å². The Morgan fingerprint density at radius 3 is 2.91 bits per heavy atom. The Morgan fingerprint density at radius 1 is 1.36 bits per heavy atom. The standard InChI is InChI=1S/C17H20N2O3/c1-17(7-3-9-22-11-17)16(21)18-13-5-4-12-6-8-19(2)15(20)14(12)10-13/h4-6,8,10H,3,7,9,11H2,1-2H3,(H,18,21). The van der Waals surface area contributed by atoms with Crippen molar-refractivity contribution < 1.29 is 9.53 Å². The highest BCUT2D eigenvalue weighted by Gasteiger charge is 2.35. The summed E-state index contributed by atoms with van der Waals surface area (Å²) < 4.78 is 6.97. The number of ether oxygens (including phenoxy) is 1. The van der Waals surface area contributed by atoms with Crippen LogP contribution >= 0.6 is 0 Å². The molecule has 1 aliphatic heterocycles. The fourth-order valence-electron chi connectivity index (χ4n) is 2.81. The van der Waals surface area contributed by atoms with E-state index in [-0.39, 0.29) is 11.5 Å². The summed E-state index contributed by atoms with van der Waals surface area (Å²) in [5.41, 5.74) is 0.0721. The zero-order valence-corrected chi connectivity index (χ0v) is 12.9. The summed E-state index contributed by atoms with van der Waals surface area (Å²) in [5, 5.41) is 4.40. The Labute approximate surface area is 128 Å². The maximum atomic E-state index is 12.5. The summed E-state index contributed by atoms with van der Waals surface area (Å²) in [6.07, 6.45) is 3.44. The molecule has 2 aromatic rings. The number of pyridine rings is 1. The predicted octanol–water partition coefficient (Wildman–Crippen LogP) is 2.29. The van der Waals surface area contributed by atoms with Crippen LogP contribution in [-0.2, 0) is 16.6 Å². The molecule has 0 spiro atoms. The van der Waals surface area contributed by atoms with Crippen molar-refractivity contribution in [2.24, 2.45) is 12.5 Å². The van der Waals surface area contributed by atoms with Gasteiger partial charge in [-0.2, -0.15) is 0 Å². The van der Waals surface area contributed by atoms with Gasteiger partial charge in [0, 0.05) is 30.9 Å². The number of carbonyl (C=O) groups is 1. The molecule has 0 saturated carbocycles. The summed E-state index contributed by atoms with van der Waals surface area (Å²) in [5.74, 6) is -0.0562. The fourth-order valence-corrected chi connectivity index (χ4v) is 2.81. The first kappa shape index (κ1) is 14.8. The van der Waals surface area contributed by atoms with E-state index in [1.54, 1.807) is 19.3 Å². The molecule has 3 rings (SSSR count). The molecule has 1 aromatic heterocycles. The second-order valence-corrected chi connectivity index (χ2v) is 6.20. The van der Waals surface area contributed by atoms with Gasteiger partial charge >= 0.3 is 0 Å². The molecule has 0 bridgehead atoms. The third kappa shape index (κ3) is 2.64. The van der Waals surface area contributed by atoms with Crippen molar-refractivity contribution in [2.75, 3.05) is 18.5 Å². The van der Waals surface area contributed by atoms with Gasteiger partial charge in [0.25, 0.3) is 5.56 Å². The van der Waals surface area contributed by atoms with Gasteiger partial charge < -0.3 is 14.6 Å². The Balaban J connectivity index is 1.89. The highest BCUT2D eigenvalue weighted by molar-refractivity contribution is 5.97. The molecule has 0 radical (unpaired) electrons. The molecule has 2 heterocycles. The first-order valence-corrected chi connectivity index (χ1v) is 7.48. The number of amides is 1. The molecule has 1 amide bonds. The highest BCUT2D eigenvalue weighted by atomic mass is 16.5. The topological polar surface area (TPSA) is 60.3 Å². The van der Waals surface area contributed by atoms with Crippen molar-refractivity contribution in [3.8, 4) is 0 Å². The minimum absolute atomic E-state index is 0.0562. The van der Waals surface area contributed by atoms with Gasteiger partial charge in [0.1, 0.15) is 0 Å². The van der Waals surface area contributed by atoms with Crippen LogP contribution in [0.2, 0.25) is 0 Å². The number of rotatable bonds is 2. The number of fused-ring (bicyclic) bond motifs is 1. The van der Waals surface area contributed by atoms with Crippen LogP contribution < -0.4 is 10.9 Å². The minimum atomic E-state index is -0.505. The minimum Gasteiger partial charge on any atom is -0.380 e. The molecule has 1 unspecified atom stereocenters. The lowest BCUT2D eigenvalue weighted by Gasteiger charge is -2.31. The molecule has 1 aliphatic rings. The smallest absolute Gasteiger partial charge is 0.258 e. The second kappa shape index (κ2) is 5.57. The van der Waals surface area contributed by atoms with Crippen molar-refractivity contribution in [1.82, 2.24) is 4.57 Å². The highest BCUT2D eigenvalue weighted by Crippen LogP contribution is 2.29. The lowest BCUT2D eigenvalue weighted by atomic mass is 9.84. The van der Waals surface area contributed by atoms with E-state index in [0.717, 1.165) is 24.8 Å². The third-order valence-corrected chi connectivity index (χ3v) is 4.33. The lowest BCUT2D eigenvalue weighted by Crippen LogP contribution is -2.40. The van der Waals surface area contributed by atoms with Gasteiger partial charge in [-0.1, -0.05) is 6.07 Å². The molecule has 1 aromatic carbocycles. The van der Waals surface area contributed by atoms with Gasteiger partial charge in [-0.3, -0.25) is 9.59 Å². The van der Waals surface area contributed by atoms with E-state index in [1.165, 1.54) is 4.57 Å². The number of nitrogens with zero attached hydrogens (tertiary/aromatic N) is 1. The summed E-state index contributed by atoms with van der Waals surface area (Å²) >= 11 is 0. The van der Waals surface area contributed by atoms with Gasteiger partial charge in [-0.15, -0.1) is 0 Å². The van der Waals surface area contributed by atoms with Crippen molar-refractivity contribution in [2.45, 2.75) is 19.8 Å². The predicted molar refractivity (Wildman–Crippen MR) is 86.0 cm³/mol. The van der Waals surface area contributed by atoms with Crippen LogP contribution in [0.1, 0.15) is 19.8 Å². The maximum Gasteiger partial charge on any atom is 0.258 e. The Hall–Kier alpha value is -2.14. The average Bonchev–Trinajstić information content (AvgIpc) is 2.52. The summed E-state index contributed by atoms with van der Waals surface area (Å²) in [7, 11) is 1.72. The van der Waals surface area contributed by atoms with E-state index in [4.69, 9.17) is 4.74 Å². The van der Waals surface area contributed by atoms with Crippen LogP contribution in [0.4, 0.5) is 5.69 Å². The van der Waals surface area contributed by atoms with Crippen LogP contribution in [0.15, 0.2) is 35.3 Å². The van der Waals surface area contributed by atoms with Gasteiger partial charge in [-0.25, -0.2) is 0 Å². The number of benzene rings is 1. The maximum absolute atomic E-state index is 12.5. The molecule has 5 heteroatoms. The number of hydrogen-bond donors (Lipinski definition) is 1. The fraction of sp³-hybridized carbons (Fsp3) is 0.412. The average molecular weight is 300 g/mol. The van der Waals surface area contributed by atoms with Crippen LogP contribution in [0.25, 0.3) is 10.8 Å². The molecule has 22 heavy (non-hydrogen) atoms. The van der Waals surface area contributed by atoms with Crippen molar-refractivity contribution in [1.29, 1.82) is 0 Å². The van der Waals surface area contributed by atoms with Gasteiger partial charge in [0.05, 0.1) is 12.0 Å². The van der Waals surface area contributed by atoms with Crippen LogP contribution in [0.3, 0.4) is 0 Å². The summed E-state index contributed by atoms with van der Waals surface area (Å²) in [6.45, 7) is 3.07. The second-order valence-electron chi connectivity index (χ2n) is 6.20. The molecule has 116 valence electrons. The van der Waals surface area contributed by atoms with Crippen molar-refractivity contribution in [3.63, 3.8) is 0 Å². The quantitative estimate of drug-likeness (QED) is 0.925. The van der Waals surface area contributed by atoms with Crippen LogP contribution in [-0.4, -0.2) is 23.7 Å². The molecule has 1 fully saturated rings. The Morgan fingerprint density at radius 2 is 2.18 bits per heavy atom. The molecule has 0 aliphatic carbocycles. The molecule has 1 atom stereocenters. The number of carbonyl (C=O) groups excluding carboxylic acids is 1. The van der Waals surface area contributed by atoms with E-state index in [2.05, 4.69) is 5.32 Å². The van der Waals surface area contributed by atoms with E-state index in [0.29, 0.717) is 17.7 Å². The van der Waals surface area contributed by atoms with Crippen LogP contribution in [0, 0.1) is 5.41 Å². The molecular formula is C17H20N2O3. The van der Waals surface area contributed by atoms with E-state index in [9.17, 15) is 9.59 Å². The van der Waals surface area contributed by atoms with E-state index >= 15 is 0 Å². The molecular weight excluding hydrogens is 280 g/mol. The monoisotopic (exact) mass is 300 g/mol. The largest absolute Gasteiger partial charge is 0.380 e. The molecule has 1 N–H and O–H groups in total. The third-order valence-electron chi connectivity index (χ3n) is 4.33. The van der Waals surface area contributed by atoms with E-state index < -0.39 is 5.41 Å². The molecule has 1 saturated heterocycles. The van der Waals surface area contributed by atoms with Gasteiger partial charge in [0.15, 0.2) is 0 Å². The number of anilines is 1.